The second-order valence-electron chi connectivity index (χ2n) is 4.11. The summed E-state index contributed by atoms with van der Waals surface area (Å²) in [5.41, 5.74) is -0.256. The van der Waals surface area contributed by atoms with E-state index in [-0.39, 0.29) is 16.5 Å². The van der Waals surface area contributed by atoms with Crippen LogP contribution in [0, 0.1) is 10.1 Å². The largest absolute Gasteiger partial charge is 0.493 e. The van der Waals surface area contributed by atoms with Crippen LogP contribution >= 0.6 is 11.6 Å². The Bertz CT molecular complexity index is 504. The molecule has 0 bridgehead atoms. The number of nitro benzene ring substituents is 1. The molecule has 0 aromatic heterocycles. The zero-order valence-corrected chi connectivity index (χ0v) is 11.5. The quantitative estimate of drug-likeness (QED) is 0.230. The number of carbonyl (C=O) groups is 2. The van der Waals surface area contributed by atoms with Gasteiger partial charge in [-0.05, 0) is 43.0 Å². The van der Waals surface area contributed by atoms with Crippen molar-refractivity contribution in [2.24, 2.45) is 0 Å². The molecule has 0 aliphatic heterocycles. The van der Waals surface area contributed by atoms with Gasteiger partial charge < -0.3 is 4.74 Å². The molecular formula is C13H14ClNO5. The second-order valence-corrected chi connectivity index (χ2v) is 4.53. The Morgan fingerprint density at radius 1 is 1.35 bits per heavy atom. The van der Waals surface area contributed by atoms with Crippen LogP contribution in [0.2, 0.25) is 0 Å². The molecule has 0 amide bonds. The summed E-state index contributed by atoms with van der Waals surface area (Å²) in [6.45, 7) is 0.383. The molecule has 1 aromatic carbocycles. The van der Waals surface area contributed by atoms with Gasteiger partial charge in [0.25, 0.3) is 5.69 Å². The minimum atomic E-state index is -0.622. The summed E-state index contributed by atoms with van der Waals surface area (Å²) >= 11 is 5.20. The summed E-state index contributed by atoms with van der Waals surface area (Å²) in [5, 5.41) is 10.4. The van der Waals surface area contributed by atoms with E-state index in [0.717, 1.165) is 6.42 Å². The molecule has 6 nitrogen and oxygen atoms in total. The number of aldehydes is 1. The SMILES string of the molecule is O=Cc1ccc(OCCCCCC(=O)Cl)cc1[N+](=O)[O-]. The van der Waals surface area contributed by atoms with Crippen LogP contribution in [0.3, 0.4) is 0 Å². The highest BCUT2D eigenvalue weighted by atomic mass is 35.5. The van der Waals surface area contributed by atoms with Crippen LogP contribution in [0.15, 0.2) is 18.2 Å². The van der Waals surface area contributed by atoms with Crippen molar-refractivity contribution in [3.05, 3.63) is 33.9 Å². The molecule has 0 heterocycles. The Kier molecular flexibility index (Phi) is 6.66. The lowest BCUT2D eigenvalue weighted by Gasteiger charge is -2.06. The van der Waals surface area contributed by atoms with Crippen molar-refractivity contribution < 1.29 is 19.2 Å². The number of rotatable bonds is 9. The highest BCUT2D eigenvalue weighted by Gasteiger charge is 2.14. The smallest absolute Gasteiger partial charge is 0.283 e. The molecule has 7 heteroatoms. The molecule has 0 radical (unpaired) electrons. The highest BCUT2D eigenvalue weighted by molar-refractivity contribution is 6.63. The molecular weight excluding hydrogens is 286 g/mol. The predicted octanol–water partition coefficient (Wildman–Crippen LogP) is 3.11. The van der Waals surface area contributed by atoms with Crippen molar-refractivity contribution in [2.45, 2.75) is 25.7 Å². The number of nitrogens with zero attached hydrogens (tertiary/aromatic N) is 1. The molecule has 0 saturated heterocycles. The van der Waals surface area contributed by atoms with E-state index in [1.54, 1.807) is 0 Å². The Morgan fingerprint density at radius 2 is 2.10 bits per heavy atom. The topological polar surface area (TPSA) is 86.5 Å². The number of halogens is 1. The minimum Gasteiger partial charge on any atom is -0.493 e. The number of hydrogen-bond donors (Lipinski definition) is 0. The molecule has 0 N–H and O–H groups in total. The first-order valence-electron chi connectivity index (χ1n) is 6.09. The number of carbonyl (C=O) groups excluding carboxylic acids is 2. The van der Waals surface area contributed by atoms with Crippen LogP contribution in [0.4, 0.5) is 5.69 Å². The van der Waals surface area contributed by atoms with Gasteiger partial charge in [-0.15, -0.1) is 0 Å². The van der Waals surface area contributed by atoms with E-state index in [2.05, 4.69) is 0 Å². The molecule has 108 valence electrons. The Balaban J connectivity index is 2.44. The van der Waals surface area contributed by atoms with Crippen molar-refractivity contribution in [1.29, 1.82) is 0 Å². The van der Waals surface area contributed by atoms with Gasteiger partial charge in [0, 0.05) is 6.42 Å². The minimum absolute atomic E-state index is 0.0166. The maximum Gasteiger partial charge on any atom is 0.283 e. The molecule has 0 aliphatic rings. The lowest BCUT2D eigenvalue weighted by molar-refractivity contribution is -0.385. The van der Waals surface area contributed by atoms with Gasteiger partial charge >= 0.3 is 0 Å². The van der Waals surface area contributed by atoms with Gasteiger partial charge in [-0.2, -0.15) is 0 Å². The zero-order valence-electron chi connectivity index (χ0n) is 10.7. The van der Waals surface area contributed by atoms with Crippen molar-refractivity contribution in [2.75, 3.05) is 6.61 Å². The Hall–Kier alpha value is -1.95. The van der Waals surface area contributed by atoms with Crippen LogP contribution in [0.25, 0.3) is 0 Å². The van der Waals surface area contributed by atoms with E-state index in [1.165, 1.54) is 18.2 Å². The monoisotopic (exact) mass is 299 g/mol. The third kappa shape index (κ3) is 5.36. The van der Waals surface area contributed by atoms with E-state index >= 15 is 0 Å². The normalized spacial score (nSPS) is 10.1. The van der Waals surface area contributed by atoms with Crippen molar-refractivity contribution >= 4 is 28.8 Å². The van der Waals surface area contributed by atoms with Crippen molar-refractivity contribution in [1.82, 2.24) is 0 Å². The van der Waals surface area contributed by atoms with E-state index in [4.69, 9.17) is 16.3 Å². The first-order chi connectivity index (χ1) is 9.54. The first-order valence-corrected chi connectivity index (χ1v) is 6.47. The molecule has 20 heavy (non-hydrogen) atoms. The van der Waals surface area contributed by atoms with Gasteiger partial charge in [0.2, 0.25) is 5.24 Å². The Morgan fingerprint density at radius 3 is 2.70 bits per heavy atom. The number of unbranched alkanes of at least 4 members (excludes halogenated alkanes) is 2. The fraction of sp³-hybridized carbons (Fsp3) is 0.385. The van der Waals surface area contributed by atoms with Gasteiger partial charge in [0.1, 0.15) is 5.75 Å². The van der Waals surface area contributed by atoms with Crippen molar-refractivity contribution in [3.63, 3.8) is 0 Å². The molecule has 1 rings (SSSR count). The fourth-order valence-corrected chi connectivity index (χ4v) is 1.74. The lowest BCUT2D eigenvalue weighted by Crippen LogP contribution is -2.00. The van der Waals surface area contributed by atoms with Gasteiger partial charge in [-0.3, -0.25) is 19.7 Å². The third-order valence-corrected chi connectivity index (χ3v) is 2.80. The van der Waals surface area contributed by atoms with E-state index < -0.39 is 4.92 Å². The summed E-state index contributed by atoms with van der Waals surface area (Å²) in [4.78, 5) is 31.3. The molecule has 0 unspecified atom stereocenters. The lowest BCUT2D eigenvalue weighted by atomic mass is 10.2. The zero-order chi connectivity index (χ0) is 15.0. The number of benzene rings is 1. The Labute approximate surface area is 120 Å². The summed E-state index contributed by atoms with van der Waals surface area (Å²) in [5.74, 6) is 0.343. The predicted molar refractivity (Wildman–Crippen MR) is 73.3 cm³/mol. The highest BCUT2D eigenvalue weighted by Crippen LogP contribution is 2.23. The van der Waals surface area contributed by atoms with Crippen LogP contribution in [-0.2, 0) is 4.79 Å². The summed E-state index contributed by atoms with van der Waals surface area (Å²) in [6.07, 6.45) is 2.96. The molecule has 0 aliphatic carbocycles. The van der Waals surface area contributed by atoms with E-state index in [0.29, 0.717) is 37.9 Å². The average Bonchev–Trinajstić information content (AvgIpc) is 2.42. The maximum atomic E-state index is 10.8. The van der Waals surface area contributed by atoms with E-state index in [9.17, 15) is 19.7 Å². The van der Waals surface area contributed by atoms with Gasteiger partial charge in [-0.25, -0.2) is 0 Å². The van der Waals surface area contributed by atoms with Gasteiger partial charge in [0.05, 0.1) is 23.2 Å². The summed E-state index contributed by atoms with van der Waals surface area (Å²) < 4.78 is 5.37. The van der Waals surface area contributed by atoms with Gasteiger partial charge in [0.15, 0.2) is 6.29 Å². The summed E-state index contributed by atoms with van der Waals surface area (Å²) in [6, 6.07) is 4.09. The maximum absolute atomic E-state index is 10.8. The molecule has 0 saturated carbocycles. The number of nitro groups is 1. The summed E-state index contributed by atoms with van der Waals surface area (Å²) in [7, 11) is 0. The van der Waals surface area contributed by atoms with Crippen LogP contribution in [-0.4, -0.2) is 23.1 Å². The fourth-order valence-electron chi connectivity index (χ4n) is 1.60. The molecule has 0 fully saturated rings. The number of ether oxygens (including phenoxy) is 1. The van der Waals surface area contributed by atoms with E-state index in [1.807, 2.05) is 0 Å². The average molecular weight is 300 g/mol. The first kappa shape index (κ1) is 16.1. The third-order valence-electron chi connectivity index (χ3n) is 2.61. The van der Waals surface area contributed by atoms with Crippen LogP contribution in [0.5, 0.6) is 5.75 Å². The van der Waals surface area contributed by atoms with Crippen LogP contribution < -0.4 is 4.74 Å². The van der Waals surface area contributed by atoms with Gasteiger partial charge in [-0.1, -0.05) is 0 Å². The van der Waals surface area contributed by atoms with Crippen molar-refractivity contribution in [3.8, 4) is 5.75 Å². The second kappa shape index (κ2) is 8.27. The number of hydrogen-bond acceptors (Lipinski definition) is 5. The molecule has 1 aromatic rings. The molecule has 0 atom stereocenters. The molecule has 0 spiro atoms. The standard InChI is InChI=1S/C13H14ClNO5/c14-13(17)4-2-1-3-7-20-11-6-5-10(9-16)12(8-11)15(18)19/h5-6,8-9H,1-4,7H2. The van der Waals surface area contributed by atoms with Crippen LogP contribution in [0.1, 0.15) is 36.0 Å².